The van der Waals surface area contributed by atoms with Gasteiger partial charge in [-0.15, -0.1) is 0 Å². The summed E-state index contributed by atoms with van der Waals surface area (Å²) in [4.78, 5) is 27.0. The zero-order valence-electron chi connectivity index (χ0n) is 16.1. The van der Waals surface area contributed by atoms with E-state index in [4.69, 9.17) is 0 Å². The number of carbonyl (C=O) groups is 2. The average molecular weight is 427 g/mol. The number of aliphatic carboxylic acids is 1. The summed E-state index contributed by atoms with van der Waals surface area (Å²) in [5.41, 5.74) is 2.29. The van der Waals surface area contributed by atoms with Gasteiger partial charge in [0, 0.05) is 29.6 Å². The Labute approximate surface area is 173 Å². The Balaban J connectivity index is 1.67. The van der Waals surface area contributed by atoms with Crippen molar-refractivity contribution in [2.24, 2.45) is 0 Å². The van der Waals surface area contributed by atoms with Gasteiger partial charge in [-0.3, -0.25) is 4.79 Å². The number of hydrogen-bond donors (Lipinski definition) is 4. The molecule has 8 nitrogen and oxygen atoms in total. The van der Waals surface area contributed by atoms with Crippen LogP contribution in [0.2, 0.25) is 0 Å². The number of nitrogens with one attached hydrogen (secondary N) is 3. The van der Waals surface area contributed by atoms with Crippen molar-refractivity contribution in [1.82, 2.24) is 15.0 Å². The van der Waals surface area contributed by atoms with Gasteiger partial charge in [0.15, 0.2) is 0 Å². The van der Waals surface area contributed by atoms with Crippen molar-refractivity contribution < 1.29 is 23.1 Å². The normalized spacial score (nSPS) is 12.8. The van der Waals surface area contributed by atoms with Crippen LogP contribution in [-0.4, -0.2) is 43.5 Å². The molecular formula is C21H21N3O5S. The fraction of sp³-hybridized carbons (Fsp3) is 0.143. The quantitative estimate of drug-likeness (QED) is 0.408. The number of rotatable bonds is 8. The van der Waals surface area contributed by atoms with Crippen LogP contribution >= 0.6 is 0 Å². The Hall–Kier alpha value is -3.43. The van der Waals surface area contributed by atoms with Crippen LogP contribution in [0.15, 0.2) is 65.7 Å². The first-order valence-electron chi connectivity index (χ1n) is 9.10. The van der Waals surface area contributed by atoms with Crippen molar-refractivity contribution >= 4 is 38.9 Å². The summed E-state index contributed by atoms with van der Waals surface area (Å²) < 4.78 is 25.7. The second-order valence-corrected chi connectivity index (χ2v) is 8.46. The van der Waals surface area contributed by atoms with Crippen molar-refractivity contribution in [2.45, 2.75) is 17.4 Å². The van der Waals surface area contributed by atoms with Crippen LogP contribution in [0.3, 0.4) is 0 Å². The van der Waals surface area contributed by atoms with E-state index in [-0.39, 0.29) is 11.3 Å². The molecule has 0 fully saturated rings. The summed E-state index contributed by atoms with van der Waals surface area (Å²) in [6.07, 6.45) is 4.57. The summed E-state index contributed by atoms with van der Waals surface area (Å²) >= 11 is 0. The van der Waals surface area contributed by atoms with Gasteiger partial charge in [0.2, 0.25) is 15.9 Å². The SMILES string of the molecule is CNS(=O)(=O)c1ccc(C=CC(=O)NC(Cc2c[nH]c3ccccc23)C(=O)O)cc1. The van der Waals surface area contributed by atoms with Crippen LogP contribution in [0.1, 0.15) is 11.1 Å². The van der Waals surface area contributed by atoms with Crippen molar-refractivity contribution in [3.63, 3.8) is 0 Å². The lowest BCUT2D eigenvalue weighted by molar-refractivity contribution is -0.141. The standard InChI is InChI=1S/C21H21N3O5S/c1-22-30(28,29)16-9-6-14(7-10-16)8-11-20(25)24-19(21(26)27)12-15-13-23-18-5-3-2-4-17(15)18/h2-11,13,19,22-23H,12H2,1H3,(H,24,25)(H,26,27). The molecule has 0 spiro atoms. The lowest BCUT2D eigenvalue weighted by Gasteiger charge is -2.13. The van der Waals surface area contributed by atoms with Gasteiger partial charge in [0.05, 0.1) is 4.90 Å². The monoisotopic (exact) mass is 427 g/mol. The Bertz CT molecular complexity index is 1200. The highest BCUT2D eigenvalue weighted by Gasteiger charge is 2.21. The van der Waals surface area contributed by atoms with Crippen LogP contribution in [-0.2, 0) is 26.0 Å². The third kappa shape index (κ3) is 4.94. The van der Waals surface area contributed by atoms with E-state index in [2.05, 4.69) is 15.0 Å². The molecule has 1 amide bonds. The topological polar surface area (TPSA) is 128 Å². The summed E-state index contributed by atoms with van der Waals surface area (Å²) in [7, 11) is -2.21. The van der Waals surface area contributed by atoms with E-state index in [0.717, 1.165) is 16.5 Å². The number of benzene rings is 2. The first kappa shape index (κ1) is 21.3. The molecule has 0 bridgehead atoms. The van der Waals surface area contributed by atoms with E-state index >= 15 is 0 Å². The maximum absolute atomic E-state index is 12.2. The molecule has 9 heteroatoms. The number of fused-ring (bicyclic) bond motifs is 1. The highest BCUT2D eigenvalue weighted by molar-refractivity contribution is 7.89. The van der Waals surface area contributed by atoms with Gasteiger partial charge in [-0.2, -0.15) is 0 Å². The maximum Gasteiger partial charge on any atom is 0.326 e. The van der Waals surface area contributed by atoms with Gasteiger partial charge >= 0.3 is 5.97 Å². The molecule has 0 saturated carbocycles. The van der Waals surface area contributed by atoms with Gasteiger partial charge in [-0.05, 0) is 42.4 Å². The third-order valence-electron chi connectivity index (χ3n) is 4.60. The molecule has 3 rings (SSSR count). The molecule has 1 aromatic heterocycles. The predicted molar refractivity (Wildman–Crippen MR) is 113 cm³/mol. The highest BCUT2D eigenvalue weighted by Crippen LogP contribution is 2.19. The molecule has 1 unspecified atom stereocenters. The number of aromatic nitrogens is 1. The van der Waals surface area contributed by atoms with Crippen LogP contribution in [0.5, 0.6) is 0 Å². The summed E-state index contributed by atoms with van der Waals surface area (Å²) in [5.74, 6) is -1.70. The van der Waals surface area contributed by atoms with Crippen LogP contribution in [0.4, 0.5) is 0 Å². The van der Waals surface area contributed by atoms with Crippen LogP contribution in [0, 0.1) is 0 Å². The molecule has 1 heterocycles. The number of carboxylic acids is 1. The van der Waals surface area contributed by atoms with Crippen LogP contribution in [0.25, 0.3) is 17.0 Å². The van der Waals surface area contributed by atoms with Gasteiger partial charge < -0.3 is 15.4 Å². The smallest absolute Gasteiger partial charge is 0.326 e. The van der Waals surface area contributed by atoms with Gasteiger partial charge in [-0.25, -0.2) is 17.9 Å². The van der Waals surface area contributed by atoms with E-state index in [1.807, 2.05) is 24.3 Å². The Morgan fingerprint density at radius 2 is 1.83 bits per heavy atom. The van der Waals surface area contributed by atoms with Gasteiger partial charge in [-0.1, -0.05) is 30.3 Å². The first-order chi connectivity index (χ1) is 14.3. The number of carboxylic acid groups (broad SMARTS) is 1. The molecule has 30 heavy (non-hydrogen) atoms. The molecule has 156 valence electrons. The van der Waals surface area contributed by atoms with E-state index in [1.54, 1.807) is 18.3 Å². The van der Waals surface area contributed by atoms with Gasteiger partial charge in [0.25, 0.3) is 0 Å². The maximum atomic E-state index is 12.2. The van der Waals surface area contributed by atoms with E-state index in [1.165, 1.54) is 31.3 Å². The zero-order valence-corrected chi connectivity index (χ0v) is 16.9. The van der Waals surface area contributed by atoms with E-state index in [0.29, 0.717) is 5.56 Å². The molecule has 0 radical (unpaired) electrons. The minimum atomic E-state index is -3.53. The number of H-pyrrole nitrogens is 1. The number of amides is 1. The van der Waals surface area contributed by atoms with Crippen molar-refractivity contribution in [2.75, 3.05) is 7.05 Å². The Morgan fingerprint density at radius 3 is 2.50 bits per heavy atom. The van der Waals surface area contributed by atoms with Crippen molar-refractivity contribution in [3.8, 4) is 0 Å². The second-order valence-electron chi connectivity index (χ2n) is 6.57. The molecule has 0 aliphatic heterocycles. The van der Waals surface area contributed by atoms with E-state index in [9.17, 15) is 23.1 Å². The Kier molecular flexibility index (Phi) is 6.34. The van der Waals surface area contributed by atoms with Crippen molar-refractivity contribution in [3.05, 3.63) is 71.9 Å². The molecule has 1 atom stereocenters. The fourth-order valence-electron chi connectivity index (χ4n) is 2.99. The number of hydrogen-bond acceptors (Lipinski definition) is 4. The zero-order chi connectivity index (χ0) is 21.7. The van der Waals surface area contributed by atoms with Crippen LogP contribution < -0.4 is 10.0 Å². The van der Waals surface area contributed by atoms with Crippen molar-refractivity contribution in [1.29, 1.82) is 0 Å². The molecule has 0 aliphatic rings. The molecule has 4 N–H and O–H groups in total. The second kappa shape index (κ2) is 8.93. The fourth-order valence-corrected chi connectivity index (χ4v) is 3.72. The minimum Gasteiger partial charge on any atom is -0.480 e. The number of sulfonamides is 1. The molecule has 0 saturated heterocycles. The first-order valence-corrected chi connectivity index (χ1v) is 10.6. The number of carbonyl (C=O) groups excluding carboxylic acids is 1. The lowest BCUT2D eigenvalue weighted by atomic mass is 10.0. The lowest BCUT2D eigenvalue weighted by Crippen LogP contribution is -2.41. The summed E-state index contributed by atoms with van der Waals surface area (Å²) in [6, 6.07) is 12.4. The third-order valence-corrected chi connectivity index (χ3v) is 6.03. The summed E-state index contributed by atoms with van der Waals surface area (Å²) in [6.45, 7) is 0. The molecule has 3 aromatic rings. The molecule has 0 aliphatic carbocycles. The summed E-state index contributed by atoms with van der Waals surface area (Å²) in [5, 5.41) is 12.9. The number of aromatic amines is 1. The molecular weight excluding hydrogens is 406 g/mol. The predicted octanol–water partition coefficient (Wildman–Crippen LogP) is 1.90. The Morgan fingerprint density at radius 1 is 1.13 bits per heavy atom. The average Bonchev–Trinajstić information content (AvgIpc) is 3.15. The largest absolute Gasteiger partial charge is 0.480 e. The molecule has 2 aromatic carbocycles. The minimum absolute atomic E-state index is 0.108. The highest BCUT2D eigenvalue weighted by atomic mass is 32.2. The van der Waals surface area contributed by atoms with E-state index < -0.39 is 27.9 Å². The number of para-hydroxylation sites is 1. The van der Waals surface area contributed by atoms with Gasteiger partial charge in [0.1, 0.15) is 6.04 Å².